The summed E-state index contributed by atoms with van der Waals surface area (Å²) in [5, 5.41) is 9.19. The van der Waals surface area contributed by atoms with Crippen LogP contribution in [0.4, 0.5) is 4.39 Å². The Kier molecular flexibility index (Phi) is 5.61. The Morgan fingerprint density at radius 3 is 2.85 bits per heavy atom. The minimum Gasteiger partial charge on any atom is -0.385 e. The molecular weight excluding hydrogens is 355 g/mol. The third kappa shape index (κ3) is 3.74. The third-order valence-electron chi connectivity index (χ3n) is 3.91. The monoisotopic (exact) mass is 370 g/mol. The van der Waals surface area contributed by atoms with Crippen molar-refractivity contribution in [2.24, 2.45) is 0 Å². The van der Waals surface area contributed by atoms with Crippen LogP contribution in [0.3, 0.4) is 0 Å². The van der Waals surface area contributed by atoms with Gasteiger partial charge in [0, 0.05) is 32.0 Å². The lowest BCUT2D eigenvalue weighted by molar-refractivity contribution is 0.190. The van der Waals surface area contributed by atoms with E-state index >= 15 is 0 Å². The zero-order chi connectivity index (χ0) is 18.5. The van der Waals surface area contributed by atoms with Crippen LogP contribution in [0.25, 0.3) is 22.6 Å². The normalized spacial score (nSPS) is 10.7. The molecule has 0 unspecified atom stereocenters. The first kappa shape index (κ1) is 18.1. The quantitative estimate of drug-likeness (QED) is 0.606. The summed E-state index contributed by atoms with van der Waals surface area (Å²) < 4.78 is 21.1. The number of ether oxygens (including phenoxy) is 1. The molecule has 0 amide bonds. The highest BCUT2D eigenvalue weighted by Gasteiger charge is 2.17. The van der Waals surface area contributed by atoms with E-state index in [9.17, 15) is 4.39 Å². The highest BCUT2D eigenvalue weighted by atomic mass is 35.5. The maximum Gasteiger partial charge on any atom is 0.142 e. The molecule has 26 heavy (non-hydrogen) atoms. The van der Waals surface area contributed by atoms with Crippen molar-refractivity contribution in [1.29, 1.82) is 5.26 Å². The summed E-state index contributed by atoms with van der Waals surface area (Å²) in [6.45, 7) is 1.25. The predicted octanol–water partition coefficient (Wildman–Crippen LogP) is 4.31. The smallest absolute Gasteiger partial charge is 0.142 e. The molecule has 132 valence electrons. The van der Waals surface area contributed by atoms with E-state index in [1.807, 2.05) is 4.57 Å². The molecule has 0 aliphatic heterocycles. The second-order valence-corrected chi connectivity index (χ2v) is 6.06. The third-order valence-corrected chi connectivity index (χ3v) is 4.22. The number of pyridine rings is 1. The number of imidazole rings is 1. The Morgan fingerprint density at radius 2 is 2.12 bits per heavy atom. The first-order valence-electron chi connectivity index (χ1n) is 8.00. The predicted molar refractivity (Wildman–Crippen MR) is 97.1 cm³/mol. The molecule has 0 spiro atoms. The zero-order valence-electron chi connectivity index (χ0n) is 14.1. The lowest BCUT2D eigenvalue weighted by Crippen LogP contribution is -2.03. The van der Waals surface area contributed by atoms with E-state index < -0.39 is 5.82 Å². The molecule has 0 saturated heterocycles. The van der Waals surface area contributed by atoms with E-state index in [1.54, 1.807) is 37.8 Å². The molecule has 7 heteroatoms. The molecule has 1 aromatic carbocycles. The van der Waals surface area contributed by atoms with Gasteiger partial charge in [-0.3, -0.25) is 4.98 Å². The van der Waals surface area contributed by atoms with Crippen molar-refractivity contribution >= 4 is 11.6 Å². The van der Waals surface area contributed by atoms with Crippen molar-refractivity contribution in [1.82, 2.24) is 14.5 Å². The molecule has 5 nitrogen and oxygen atoms in total. The molecule has 0 atom stereocenters. The van der Waals surface area contributed by atoms with Gasteiger partial charge in [-0.2, -0.15) is 5.26 Å². The second kappa shape index (κ2) is 8.09. The first-order valence-corrected chi connectivity index (χ1v) is 8.38. The van der Waals surface area contributed by atoms with Gasteiger partial charge in [-0.05, 0) is 30.7 Å². The van der Waals surface area contributed by atoms with E-state index in [0.29, 0.717) is 35.7 Å². The fourth-order valence-electron chi connectivity index (χ4n) is 2.69. The highest BCUT2D eigenvalue weighted by molar-refractivity contribution is 6.30. The fraction of sp³-hybridized carbons (Fsp3) is 0.211. The van der Waals surface area contributed by atoms with Crippen molar-refractivity contribution in [3.05, 3.63) is 59.3 Å². The minimum atomic E-state index is -0.501. The number of methoxy groups -OCH3 is 1. The number of rotatable bonds is 6. The zero-order valence-corrected chi connectivity index (χ0v) is 14.9. The average molecular weight is 371 g/mol. The van der Waals surface area contributed by atoms with Gasteiger partial charge in [0.2, 0.25) is 0 Å². The fourth-order valence-corrected chi connectivity index (χ4v) is 2.81. The van der Waals surface area contributed by atoms with E-state index in [2.05, 4.69) is 16.0 Å². The molecule has 0 fully saturated rings. The van der Waals surface area contributed by atoms with E-state index in [4.69, 9.17) is 21.6 Å². The van der Waals surface area contributed by atoms with Crippen LogP contribution in [0, 0.1) is 17.1 Å². The molecule has 0 radical (unpaired) electrons. The van der Waals surface area contributed by atoms with Crippen LogP contribution in [0.5, 0.6) is 0 Å². The second-order valence-electron chi connectivity index (χ2n) is 5.65. The summed E-state index contributed by atoms with van der Waals surface area (Å²) in [6.07, 6.45) is 4.03. The van der Waals surface area contributed by atoms with Crippen LogP contribution in [-0.2, 0) is 11.3 Å². The molecule has 3 rings (SSSR count). The van der Waals surface area contributed by atoms with Gasteiger partial charge < -0.3 is 9.30 Å². The van der Waals surface area contributed by atoms with Gasteiger partial charge in [0.05, 0.1) is 34.4 Å². The van der Waals surface area contributed by atoms with Crippen LogP contribution in [0.2, 0.25) is 5.02 Å². The number of halogens is 2. The highest BCUT2D eigenvalue weighted by Crippen LogP contribution is 2.32. The molecule has 0 aliphatic carbocycles. The standard InChI is InChI=1S/C19H16ClFN4O/c1-26-8-2-7-25-12-24-18(17-9-13(11-22)5-6-23-17)19(25)14-3-4-15(20)16(21)10-14/h3-6,9-10,12H,2,7-8H2,1H3. The Bertz CT molecular complexity index is 964. The average Bonchev–Trinajstić information content (AvgIpc) is 3.08. The van der Waals surface area contributed by atoms with Crippen molar-refractivity contribution < 1.29 is 9.13 Å². The van der Waals surface area contributed by atoms with Crippen molar-refractivity contribution in [3.63, 3.8) is 0 Å². The summed E-state index contributed by atoms with van der Waals surface area (Å²) >= 11 is 5.82. The lowest BCUT2D eigenvalue weighted by Gasteiger charge is -2.11. The Morgan fingerprint density at radius 1 is 1.27 bits per heavy atom. The van der Waals surface area contributed by atoms with E-state index in [0.717, 1.165) is 12.1 Å². The topological polar surface area (TPSA) is 63.7 Å². The number of benzene rings is 1. The summed E-state index contributed by atoms with van der Waals surface area (Å²) in [4.78, 5) is 8.79. The van der Waals surface area contributed by atoms with Gasteiger partial charge in [-0.15, -0.1) is 0 Å². The minimum absolute atomic E-state index is 0.0605. The largest absolute Gasteiger partial charge is 0.385 e. The number of hydrogen-bond donors (Lipinski definition) is 0. The number of aromatic nitrogens is 3. The van der Waals surface area contributed by atoms with Crippen molar-refractivity contribution in [2.45, 2.75) is 13.0 Å². The summed E-state index contributed by atoms with van der Waals surface area (Å²) in [5.41, 5.74) is 2.98. The Labute approximate surface area is 155 Å². The van der Waals surface area contributed by atoms with Crippen LogP contribution >= 0.6 is 11.6 Å². The van der Waals surface area contributed by atoms with Gasteiger partial charge in [0.25, 0.3) is 0 Å². The molecule has 0 N–H and O–H groups in total. The molecule has 2 aromatic heterocycles. The maximum atomic E-state index is 14.0. The SMILES string of the molecule is COCCCn1cnc(-c2cc(C#N)ccn2)c1-c1ccc(Cl)c(F)c1. The van der Waals surface area contributed by atoms with Gasteiger partial charge in [-0.25, -0.2) is 9.37 Å². The Hall–Kier alpha value is -2.75. The van der Waals surface area contributed by atoms with Crippen molar-refractivity contribution in [2.75, 3.05) is 13.7 Å². The van der Waals surface area contributed by atoms with Crippen LogP contribution in [0.15, 0.2) is 42.9 Å². The molecule has 3 aromatic rings. The molecule has 0 bridgehead atoms. The number of nitriles is 1. The number of aryl methyl sites for hydroxylation is 1. The number of nitrogens with zero attached hydrogens (tertiary/aromatic N) is 4. The molecule has 0 saturated carbocycles. The van der Waals surface area contributed by atoms with E-state index in [1.165, 1.54) is 12.1 Å². The van der Waals surface area contributed by atoms with Crippen LogP contribution in [0.1, 0.15) is 12.0 Å². The van der Waals surface area contributed by atoms with E-state index in [-0.39, 0.29) is 5.02 Å². The van der Waals surface area contributed by atoms with Gasteiger partial charge in [-0.1, -0.05) is 17.7 Å². The van der Waals surface area contributed by atoms with Crippen molar-refractivity contribution in [3.8, 4) is 28.7 Å². The molecular formula is C19H16ClFN4O. The van der Waals surface area contributed by atoms with Crippen LogP contribution in [-0.4, -0.2) is 28.3 Å². The first-order chi connectivity index (χ1) is 12.6. The maximum absolute atomic E-state index is 14.0. The molecule has 0 aliphatic rings. The van der Waals surface area contributed by atoms with Gasteiger partial charge in [0.15, 0.2) is 0 Å². The Balaban J connectivity index is 2.12. The van der Waals surface area contributed by atoms with Crippen LogP contribution < -0.4 is 0 Å². The summed E-state index contributed by atoms with van der Waals surface area (Å²) in [7, 11) is 1.64. The summed E-state index contributed by atoms with van der Waals surface area (Å²) in [6, 6.07) is 10.0. The lowest BCUT2D eigenvalue weighted by atomic mass is 10.1. The summed E-state index contributed by atoms with van der Waals surface area (Å²) in [5.74, 6) is -0.501. The number of hydrogen-bond acceptors (Lipinski definition) is 4. The van der Waals surface area contributed by atoms with Gasteiger partial charge in [0.1, 0.15) is 11.5 Å². The molecule has 2 heterocycles. The van der Waals surface area contributed by atoms with Gasteiger partial charge >= 0.3 is 0 Å².